The molecule has 0 saturated carbocycles. The number of hydrogen-bond donors (Lipinski definition) is 1. The van der Waals surface area contributed by atoms with Crippen LogP contribution in [0.25, 0.3) is 0 Å². The average molecular weight is 307 g/mol. The quantitative estimate of drug-likeness (QED) is 0.807. The molecule has 0 saturated heterocycles. The van der Waals surface area contributed by atoms with Crippen LogP contribution in [-0.4, -0.2) is 19.1 Å². The number of esters is 1. The highest BCUT2D eigenvalue weighted by Crippen LogP contribution is 2.24. The number of hydrogen-bond acceptors (Lipinski definition) is 3. The Kier molecular flexibility index (Phi) is 4.77. The molecule has 1 heterocycles. The number of ether oxygens (including phenoxy) is 1. The molecule has 0 bridgehead atoms. The molecular weight excluding hydrogens is 293 g/mol. The highest BCUT2D eigenvalue weighted by Gasteiger charge is 2.25. The van der Waals surface area contributed by atoms with Gasteiger partial charge in [-0.2, -0.15) is 0 Å². The van der Waals surface area contributed by atoms with E-state index in [1.54, 1.807) is 0 Å². The normalized spacial score (nSPS) is 18.2. The van der Waals surface area contributed by atoms with Crippen molar-refractivity contribution in [2.24, 2.45) is 0 Å². The molecule has 1 aromatic carbocycles. The predicted octanol–water partition coefficient (Wildman–Crippen LogP) is 2.06. The molecule has 1 atom stereocenters. The Labute approximate surface area is 109 Å². The zero-order valence-electron chi connectivity index (χ0n) is 8.83. The van der Waals surface area contributed by atoms with Crippen LogP contribution in [0.15, 0.2) is 22.7 Å². The van der Waals surface area contributed by atoms with Gasteiger partial charge in [0.15, 0.2) is 0 Å². The van der Waals surface area contributed by atoms with Crippen molar-refractivity contribution in [2.45, 2.75) is 19.0 Å². The van der Waals surface area contributed by atoms with Crippen molar-refractivity contribution >= 4 is 34.3 Å². The number of rotatable bonds is 1. The summed E-state index contributed by atoms with van der Waals surface area (Å²) in [5, 5.41) is 3.16. The summed E-state index contributed by atoms with van der Waals surface area (Å²) in [6.07, 6.45) is 0.696. The second kappa shape index (κ2) is 5.66. The van der Waals surface area contributed by atoms with E-state index in [0.717, 1.165) is 4.47 Å². The van der Waals surface area contributed by atoms with Crippen molar-refractivity contribution in [2.75, 3.05) is 7.11 Å². The zero-order valence-corrected chi connectivity index (χ0v) is 11.2. The minimum absolute atomic E-state index is 0. The molecule has 1 N–H and O–H groups in total. The number of methoxy groups -OCH3 is 1. The highest BCUT2D eigenvalue weighted by molar-refractivity contribution is 9.10. The lowest BCUT2D eigenvalue weighted by Crippen LogP contribution is -2.42. The molecular formula is C11H13BrClNO2. The molecule has 0 amide bonds. The van der Waals surface area contributed by atoms with Gasteiger partial charge in [0, 0.05) is 11.0 Å². The zero-order chi connectivity index (χ0) is 10.8. The second-order valence-electron chi connectivity index (χ2n) is 3.54. The second-order valence-corrected chi connectivity index (χ2v) is 4.39. The Hall–Kier alpha value is -0.580. The lowest BCUT2D eigenvalue weighted by Gasteiger charge is -2.24. The minimum Gasteiger partial charge on any atom is -0.468 e. The maximum atomic E-state index is 11.4. The van der Waals surface area contributed by atoms with E-state index in [2.05, 4.69) is 27.3 Å². The maximum absolute atomic E-state index is 11.4. The van der Waals surface area contributed by atoms with Gasteiger partial charge in [0.1, 0.15) is 6.04 Å². The molecule has 0 spiro atoms. The number of nitrogens with one attached hydrogen (secondary N) is 1. The average Bonchev–Trinajstić information content (AvgIpc) is 2.28. The minimum atomic E-state index is -0.211. The van der Waals surface area contributed by atoms with Gasteiger partial charge in [-0.05, 0) is 23.6 Å². The van der Waals surface area contributed by atoms with E-state index < -0.39 is 0 Å². The van der Waals surface area contributed by atoms with Gasteiger partial charge in [-0.15, -0.1) is 12.4 Å². The first kappa shape index (κ1) is 13.5. The van der Waals surface area contributed by atoms with E-state index in [1.165, 1.54) is 18.2 Å². The third-order valence-electron chi connectivity index (χ3n) is 2.65. The van der Waals surface area contributed by atoms with E-state index in [9.17, 15) is 4.79 Å². The van der Waals surface area contributed by atoms with Gasteiger partial charge in [0.05, 0.1) is 7.11 Å². The first-order chi connectivity index (χ1) is 7.22. The summed E-state index contributed by atoms with van der Waals surface area (Å²) in [6, 6.07) is 5.84. The van der Waals surface area contributed by atoms with Crippen molar-refractivity contribution in [3.63, 3.8) is 0 Å². The fourth-order valence-corrected chi connectivity index (χ4v) is 2.37. The third-order valence-corrected chi connectivity index (χ3v) is 3.39. The van der Waals surface area contributed by atoms with Gasteiger partial charge in [-0.3, -0.25) is 10.1 Å². The molecule has 2 rings (SSSR count). The van der Waals surface area contributed by atoms with Crippen LogP contribution in [0.1, 0.15) is 11.1 Å². The van der Waals surface area contributed by atoms with Crippen molar-refractivity contribution in [1.29, 1.82) is 0 Å². The number of halogens is 2. The summed E-state index contributed by atoms with van der Waals surface area (Å²) in [5.41, 5.74) is 2.44. The SMILES string of the molecule is COC(=O)C1Cc2cccc(Br)c2CN1.Cl. The van der Waals surface area contributed by atoms with E-state index in [-0.39, 0.29) is 24.4 Å². The Bertz CT molecular complexity index is 398. The Morgan fingerprint density at radius 3 is 3.00 bits per heavy atom. The summed E-state index contributed by atoms with van der Waals surface area (Å²) in [5.74, 6) is -0.194. The molecule has 0 fully saturated rings. The molecule has 3 nitrogen and oxygen atoms in total. The number of fused-ring (bicyclic) bond motifs is 1. The number of carbonyl (C=O) groups is 1. The van der Waals surface area contributed by atoms with Gasteiger partial charge in [0.2, 0.25) is 0 Å². The molecule has 5 heteroatoms. The Morgan fingerprint density at radius 2 is 2.31 bits per heavy atom. The molecule has 1 aliphatic heterocycles. The van der Waals surface area contributed by atoms with Gasteiger partial charge in [-0.1, -0.05) is 28.1 Å². The Balaban J connectivity index is 0.00000128. The first-order valence-electron chi connectivity index (χ1n) is 4.80. The largest absolute Gasteiger partial charge is 0.468 e. The van der Waals surface area contributed by atoms with E-state index >= 15 is 0 Å². The van der Waals surface area contributed by atoms with Crippen molar-refractivity contribution in [3.8, 4) is 0 Å². The summed E-state index contributed by atoms with van der Waals surface area (Å²) in [6.45, 7) is 0.705. The van der Waals surface area contributed by atoms with Gasteiger partial charge >= 0.3 is 5.97 Å². The molecule has 0 aromatic heterocycles. The van der Waals surface area contributed by atoms with Gasteiger partial charge in [-0.25, -0.2) is 0 Å². The molecule has 1 aliphatic rings. The van der Waals surface area contributed by atoms with E-state index in [4.69, 9.17) is 4.74 Å². The van der Waals surface area contributed by atoms with Crippen molar-refractivity contribution in [3.05, 3.63) is 33.8 Å². The summed E-state index contributed by atoms with van der Waals surface area (Å²) in [4.78, 5) is 11.4. The first-order valence-corrected chi connectivity index (χ1v) is 5.59. The van der Waals surface area contributed by atoms with Crippen LogP contribution in [0.3, 0.4) is 0 Å². The Morgan fingerprint density at radius 1 is 1.56 bits per heavy atom. The molecule has 0 radical (unpaired) electrons. The lowest BCUT2D eigenvalue weighted by atomic mass is 9.96. The van der Waals surface area contributed by atoms with E-state index in [0.29, 0.717) is 13.0 Å². The third kappa shape index (κ3) is 2.56. The topological polar surface area (TPSA) is 38.3 Å². The van der Waals surface area contributed by atoms with Crippen LogP contribution >= 0.6 is 28.3 Å². The van der Waals surface area contributed by atoms with Crippen LogP contribution in [-0.2, 0) is 22.5 Å². The molecule has 88 valence electrons. The monoisotopic (exact) mass is 305 g/mol. The number of benzene rings is 1. The smallest absolute Gasteiger partial charge is 0.323 e. The fourth-order valence-electron chi connectivity index (χ4n) is 1.82. The maximum Gasteiger partial charge on any atom is 0.323 e. The molecule has 0 aliphatic carbocycles. The fraction of sp³-hybridized carbons (Fsp3) is 0.364. The molecule has 16 heavy (non-hydrogen) atoms. The predicted molar refractivity (Wildman–Crippen MR) is 67.7 cm³/mol. The van der Waals surface area contributed by atoms with Gasteiger partial charge in [0.25, 0.3) is 0 Å². The number of carbonyl (C=O) groups excluding carboxylic acids is 1. The summed E-state index contributed by atoms with van der Waals surface area (Å²) >= 11 is 3.50. The van der Waals surface area contributed by atoms with Crippen LogP contribution < -0.4 is 5.32 Å². The summed E-state index contributed by atoms with van der Waals surface area (Å²) < 4.78 is 5.82. The summed E-state index contributed by atoms with van der Waals surface area (Å²) in [7, 11) is 1.42. The van der Waals surface area contributed by atoms with Gasteiger partial charge < -0.3 is 4.74 Å². The van der Waals surface area contributed by atoms with Crippen LogP contribution in [0, 0.1) is 0 Å². The van der Waals surface area contributed by atoms with E-state index in [1.807, 2.05) is 12.1 Å². The lowest BCUT2D eigenvalue weighted by molar-refractivity contribution is -0.143. The molecule has 1 unspecified atom stereocenters. The molecule has 1 aromatic rings. The van der Waals surface area contributed by atoms with Crippen LogP contribution in [0.2, 0.25) is 0 Å². The van der Waals surface area contributed by atoms with Crippen LogP contribution in [0.5, 0.6) is 0 Å². The van der Waals surface area contributed by atoms with Crippen LogP contribution in [0.4, 0.5) is 0 Å². The highest BCUT2D eigenvalue weighted by atomic mass is 79.9. The van der Waals surface area contributed by atoms with Crippen molar-refractivity contribution in [1.82, 2.24) is 5.32 Å². The standard InChI is InChI=1S/C11H12BrNO2.ClH/c1-15-11(14)10-5-7-3-2-4-9(12)8(7)6-13-10;/h2-4,10,13H,5-6H2,1H3;1H. The van der Waals surface area contributed by atoms with Crippen molar-refractivity contribution < 1.29 is 9.53 Å².